The van der Waals surface area contributed by atoms with Gasteiger partial charge in [0.1, 0.15) is 17.2 Å². The molecule has 0 aliphatic rings. The lowest BCUT2D eigenvalue weighted by molar-refractivity contribution is -0.117. The molecule has 0 radical (unpaired) electrons. The Kier molecular flexibility index (Phi) is 6.34. The minimum Gasteiger partial charge on any atom is -0.508 e. The third-order valence-corrected chi connectivity index (χ3v) is 4.28. The highest BCUT2D eigenvalue weighted by Crippen LogP contribution is 2.22. The van der Waals surface area contributed by atoms with Crippen LogP contribution in [0.5, 0.6) is 5.75 Å². The summed E-state index contributed by atoms with van der Waals surface area (Å²) >= 11 is 5.91. The number of aromatic hydroxyl groups is 1. The number of carbonyl (C=O) groups excluding carboxylic acids is 2. The van der Waals surface area contributed by atoms with Gasteiger partial charge in [-0.25, -0.2) is 0 Å². The Morgan fingerprint density at radius 3 is 2.64 bits per heavy atom. The Bertz CT molecular complexity index is 993. The number of amides is 1. The summed E-state index contributed by atoms with van der Waals surface area (Å²) in [5.41, 5.74) is 2.11. The molecule has 28 heavy (non-hydrogen) atoms. The second-order valence-corrected chi connectivity index (χ2v) is 6.65. The second-order valence-electron chi connectivity index (χ2n) is 6.22. The zero-order valence-electron chi connectivity index (χ0n) is 14.9. The van der Waals surface area contributed by atoms with Gasteiger partial charge >= 0.3 is 0 Å². The van der Waals surface area contributed by atoms with Gasteiger partial charge in [0.05, 0.1) is 12.2 Å². The van der Waals surface area contributed by atoms with Crippen LogP contribution in [0, 0.1) is 0 Å². The minimum absolute atomic E-state index is 0.0297. The van der Waals surface area contributed by atoms with Gasteiger partial charge < -0.3 is 10.4 Å². The lowest BCUT2D eigenvalue weighted by Gasteiger charge is -2.07. The van der Waals surface area contributed by atoms with Crippen LogP contribution in [0.1, 0.15) is 27.3 Å². The Hall–Kier alpha value is -3.25. The summed E-state index contributed by atoms with van der Waals surface area (Å²) < 4.78 is 0. The number of hydrogen-bond donors (Lipinski definition) is 2. The van der Waals surface area contributed by atoms with Crippen LogP contribution in [0.15, 0.2) is 60.9 Å². The highest BCUT2D eigenvalue weighted by Gasteiger charge is 2.12. The molecule has 0 unspecified atom stereocenters. The topological polar surface area (TPSA) is 92.2 Å². The first-order valence-electron chi connectivity index (χ1n) is 8.63. The molecule has 142 valence electrons. The van der Waals surface area contributed by atoms with Crippen molar-refractivity contribution < 1.29 is 14.7 Å². The summed E-state index contributed by atoms with van der Waals surface area (Å²) in [6.07, 6.45) is 3.32. The molecule has 0 aliphatic carbocycles. The van der Waals surface area contributed by atoms with Crippen LogP contribution in [0.3, 0.4) is 0 Å². The van der Waals surface area contributed by atoms with Gasteiger partial charge in [-0.3, -0.25) is 19.6 Å². The van der Waals surface area contributed by atoms with E-state index < -0.39 is 0 Å². The molecule has 3 aromatic rings. The Balaban J connectivity index is 1.61. The summed E-state index contributed by atoms with van der Waals surface area (Å²) in [5.74, 6) is -0.418. The number of phenolic OH excluding ortho intramolecular Hbond substituents is 1. The van der Waals surface area contributed by atoms with Crippen LogP contribution in [-0.2, 0) is 24.2 Å². The van der Waals surface area contributed by atoms with Gasteiger partial charge in [0, 0.05) is 35.8 Å². The quantitative estimate of drug-likeness (QED) is 0.641. The fraction of sp³-hybridized carbons (Fsp3) is 0.143. The van der Waals surface area contributed by atoms with Crippen molar-refractivity contribution in [3.63, 3.8) is 0 Å². The number of halogens is 1. The van der Waals surface area contributed by atoms with Crippen molar-refractivity contribution in [3.8, 4) is 5.75 Å². The fourth-order valence-corrected chi connectivity index (χ4v) is 2.87. The van der Waals surface area contributed by atoms with E-state index in [0.717, 1.165) is 5.69 Å². The summed E-state index contributed by atoms with van der Waals surface area (Å²) in [5, 5.41) is 13.0. The molecule has 2 heterocycles. The Labute approximate surface area is 167 Å². The summed E-state index contributed by atoms with van der Waals surface area (Å²) in [7, 11) is 0. The van der Waals surface area contributed by atoms with Crippen molar-refractivity contribution in [3.05, 3.63) is 88.5 Å². The van der Waals surface area contributed by atoms with Crippen LogP contribution < -0.4 is 5.32 Å². The Morgan fingerprint density at radius 1 is 1.00 bits per heavy atom. The first kappa shape index (κ1) is 19.5. The van der Waals surface area contributed by atoms with Crippen LogP contribution >= 0.6 is 11.6 Å². The van der Waals surface area contributed by atoms with Crippen LogP contribution in [0.2, 0.25) is 5.02 Å². The Morgan fingerprint density at radius 2 is 1.86 bits per heavy atom. The van der Waals surface area contributed by atoms with E-state index in [1.807, 2.05) is 12.1 Å². The zero-order valence-corrected chi connectivity index (χ0v) is 15.7. The molecule has 7 heteroatoms. The maximum atomic E-state index is 12.4. The number of nitrogens with one attached hydrogen (secondary N) is 1. The van der Waals surface area contributed by atoms with Crippen molar-refractivity contribution in [2.24, 2.45) is 0 Å². The van der Waals surface area contributed by atoms with E-state index >= 15 is 0 Å². The van der Waals surface area contributed by atoms with E-state index in [-0.39, 0.29) is 36.0 Å². The van der Waals surface area contributed by atoms with E-state index in [9.17, 15) is 14.7 Å². The van der Waals surface area contributed by atoms with Crippen molar-refractivity contribution in [1.29, 1.82) is 0 Å². The average molecular weight is 396 g/mol. The third kappa shape index (κ3) is 5.37. The molecule has 1 amide bonds. The largest absolute Gasteiger partial charge is 0.508 e. The molecule has 1 aromatic carbocycles. The second kappa shape index (κ2) is 9.10. The van der Waals surface area contributed by atoms with E-state index in [4.69, 9.17) is 11.6 Å². The first-order chi connectivity index (χ1) is 13.5. The molecule has 0 aliphatic heterocycles. The smallest absolute Gasteiger partial charge is 0.270 e. The van der Waals surface area contributed by atoms with Gasteiger partial charge in [0.25, 0.3) is 5.91 Å². The highest BCUT2D eigenvalue weighted by molar-refractivity contribution is 6.30. The predicted molar refractivity (Wildman–Crippen MR) is 105 cm³/mol. The van der Waals surface area contributed by atoms with Crippen molar-refractivity contribution >= 4 is 23.3 Å². The molecule has 0 spiro atoms. The molecular weight excluding hydrogens is 378 g/mol. The molecule has 6 nitrogen and oxygen atoms in total. The van der Waals surface area contributed by atoms with Gasteiger partial charge in [0.15, 0.2) is 0 Å². The first-order valence-corrected chi connectivity index (χ1v) is 9.01. The maximum Gasteiger partial charge on any atom is 0.270 e. The molecule has 0 saturated carbocycles. The number of Topliss-reactive ketones (excluding diaryl/α,β-unsaturated/α-hetero) is 1. The number of hydrogen-bond acceptors (Lipinski definition) is 5. The van der Waals surface area contributed by atoms with E-state index in [2.05, 4.69) is 15.3 Å². The lowest BCUT2D eigenvalue weighted by atomic mass is 10.0. The van der Waals surface area contributed by atoms with Gasteiger partial charge in [-0.2, -0.15) is 0 Å². The number of carbonyl (C=O) groups is 2. The van der Waals surface area contributed by atoms with E-state index in [1.54, 1.807) is 36.5 Å². The average Bonchev–Trinajstić information content (AvgIpc) is 2.70. The van der Waals surface area contributed by atoms with Gasteiger partial charge in [0.2, 0.25) is 0 Å². The normalized spacial score (nSPS) is 10.5. The highest BCUT2D eigenvalue weighted by atomic mass is 35.5. The molecule has 0 fully saturated rings. The van der Waals surface area contributed by atoms with Crippen LogP contribution in [0.4, 0.5) is 0 Å². The number of pyridine rings is 2. The zero-order chi connectivity index (χ0) is 19.9. The molecule has 2 aromatic heterocycles. The van der Waals surface area contributed by atoms with Crippen molar-refractivity contribution in [1.82, 2.24) is 15.3 Å². The molecule has 0 saturated heterocycles. The molecule has 3 rings (SSSR count). The number of phenols is 1. The minimum atomic E-state index is -0.340. The molecular formula is C21H18ClN3O3. The van der Waals surface area contributed by atoms with Crippen molar-refractivity contribution in [2.45, 2.75) is 19.4 Å². The van der Waals surface area contributed by atoms with Gasteiger partial charge in [-0.15, -0.1) is 0 Å². The number of ketones is 1. The summed E-state index contributed by atoms with van der Waals surface area (Å²) in [6.45, 7) is 0.290. The number of aromatic nitrogens is 2. The third-order valence-electron chi connectivity index (χ3n) is 4.04. The SMILES string of the molecule is O=C(Cc1ccnc(C(=O)NCc2ccccn2)c1)Cc1cc(Cl)ccc1O. The summed E-state index contributed by atoms with van der Waals surface area (Å²) in [4.78, 5) is 32.9. The van der Waals surface area contributed by atoms with Gasteiger partial charge in [-0.1, -0.05) is 17.7 Å². The molecule has 0 bridgehead atoms. The van der Waals surface area contributed by atoms with Crippen LogP contribution in [0.25, 0.3) is 0 Å². The number of rotatable bonds is 7. The fourth-order valence-electron chi connectivity index (χ4n) is 2.67. The summed E-state index contributed by atoms with van der Waals surface area (Å²) in [6, 6.07) is 13.3. The lowest BCUT2D eigenvalue weighted by Crippen LogP contribution is -2.24. The number of nitrogens with zero attached hydrogens (tertiary/aromatic N) is 2. The predicted octanol–water partition coefficient (Wildman–Crippen LogP) is 3.12. The molecule has 2 N–H and O–H groups in total. The van der Waals surface area contributed by atoms with Crippen molar-refractivity contribution in [2.75, 3.05) is 0 Å². The maximum absolute atomic E-state index is 12.4. The van der Waals surface area contributed by atoms with Crippen LogP contribution in [-0.4, -0.2) is 26.8 Å². The molecule has 0 atom stereocenters. The standard InChI is InChI=1S/C21H18ClN3O3/c22-16-4-5-20(27)15(11-16)12-18(26)9-14-6-8-24-19(10-14)21(28)25-13-17-3-1-2-7-23-17/h1-8,10-11,27H,9,12-13H2,(H,25,28). The monoisotopic (exact) mass is 395 g/mol. The number of benzene rings is 1. The van der Waals surface area contributed by atoms with E-state index in [1.165, 1.54) is 12.3 Å². The van der Waals surface area contributed by atoms with Gasteiger partial charge in [-0.05, 0) is 48.0 Å². The van der Waals surface area contributed by atoms with E-state index in [0.29, 0.717) is 22.7 Å².